The lowest BCUT2D eigenvalue weighted by atomic mass is 10.2. The minimum atomic E-state index is -1.04. The Labute approximate surface area is 133 Å². The molecular formula is C16H19N3O4. The molecule has 2 aromatic rings. The van der Waals surface area contributed by atoms with E-state index in [0.29, 0.717) is 17.0 Å². The van der Waals surface area contributed by atoms with Gasteiger partial charge in [-0.3, -0.25) is 9.48 Å². The average molecular weight is 317 g/mol. The van der Waals surface area contributed by atoms with Crippen molar-refractivity contribution in [2.24, 2.45) is 0 Å². The van der Waals surface area contributed by atoms with Crippen molar-refractivity contribution in [2.75, 3.05) is 11.9 Å². The Morgan fingerprint density at radius 2 is 1.96 bits per heavy atom. The Morgan fingerprint density at radius 3 is 2.48 bits per heavy atom. The predicted molar refractivity (Wildman–Crippen MR) is 84.9 cm³/mol. The summed E-state index contributed by atoms with van der Waals surface area (Å²) in [6.07, 6.45) is 1.55. The maximum atomic E-state index is 12.3. The van der Waals surface area contributed by atoms with Crippen LogP contribution in [0.1, 0.15) is 35.9 Å². The van der Waals surface area contributed by atoms with Crippen molar-refractivity contribution in [1.82, 2.24) is 9.78 Å². The molecule has 0 atom stereocenters. The number of hydrogen-bond acceptors (Lipinski definition) is 4. The zero-order valence-corrected chi connectivity index (χ0v) is 13.2. The number of aliphatic carboxylic acids is 1. The minimum absolute atomic E-state index is 0.183. The number of anilines is 1. The molecule has 1 amide bonds. The number of ether oxygens (including phenoxy) is 1. The Morgan fingerprint density at radius 1 is 1.30 bits per heavy atom. The molecule has 0 aliphatic heterocycles. The third-order valence-electron chi connectivity index (χ3n) is 3.25. The monoisotopic (exact) mass is 317 g/mol. The van der Waals surface area contributed by atoms with Crippen LogP contribution in [0.3, 0.4) is 0 Å². The quantitative estimate of drug-likeness (QED) is 0.853. The van der Waals surface area contributed by atoms with Gasteiger partial charge in [-0.25, -0.2) is 4.79 Å². The lowest BCUT2D eigenvalue weighted by Crippen LogP contribution is -2.14. The van der Waals surface area contributed by atoms with Gasteiger partial charge in [0, 0.05) is 17.4 Å². The van der Waals surface area contributed by atoms with Crippen LogP contribution in [0, 0.1) is 6.92 Å². The summed E-state index contributed by atoms with van der Waals surface area (Å²) in [6, 6.07) is 6.68. The number of carboxylic acid groups (broad SMARTS) is 1. The zero-order chi connectivity index (χ0) is 17.0. The van der Waals surface area contributed by atoms with Gasteiger partial charge in [0.2, 0.25) is 0 Å². The number of carbonyl (C=O) groups is 2. The average Bonchev–Trinajstić information content (AvgIpc) is 2.88. The van der Waals surface area contributed by atoms with Crippen LogP contribution in [0.2, 0.25) is 0 Å². The molecule has 0 saturated carbocycles. The van der Waals surface area contributed by atoms with Crippen molar-refractivity contribution >= 4 is 17.6 Å². The van der Waals surface area contributed by atoms with Crippen molar-refractivity contribution < 1.29 is 19.4 Å². The highest BCUT2D eigenvalue weighted by Crippen LogP contribution is 2.18. The van der Waals surface area contributed by atoms with E-state index in [9.17, 15) is 9.59 Å². The number of nitrogens with zero attached hydrogens (tertiary/aromatic N) is 2. The van der Waals surface area contributed by atoms with E-state index in [-0.39, 0.29) is 11.9 Å². The van der Waals surface area contributed by atoms with E-state index in [1.54, 1.807) is 35.1 Å². The number of amides is 1. The Bertz CT molecular complexity index is 705. The van der Waals surface area contributed by atoms with E-state index >= 15 is 0 Å². The van der Waals surface area contributed by atoms with Crippen LogP contribution in [-0.4, -0.2) is 33.4 Å². The minimum Gasteiger partial charge on any atom is -0.482 e. The standard InChI is InChI=1S/C16H19N3O4/c1-10(2)19-11(3)14(8-17-19)16(22)18-12-4-6-13(7-5-12)23-9-15(20)21/h4-8,10H,9H2,1-3H3,(H,18,22)(H,20,21). The fraction of sp³-hybridized carbons (Fsp3) is 0.312. The van der Waals surface area contributed by atoms with Crippen LogP contribution < -0.4 is 10.1 Å². The molecule has 1 heterocycles. The molecule has 2 rings (SSSR count). The Kier molecular flexibility index (Phi) is 5.00. The van der Waals surface area contributed by atoms with Crippen LogP contribution in [0.5, 0.6) is 5.75 Å². The summed E-state index contributed by atoms with van der Waals surface area (Å²) in [6.45, 7) is 5.44. The van der Waals surface area contributed by atoms with Crippen LogP contribution in [0.25, 0.3) is 0 Å². The van der Waals surface area contributed by atoms with Gasteiger partial charge in [0.1, 0.15) is 5.75 Å². The van der Waals surface area contributed by atoms with Gasteiger partial charge >= 0.3 is 5.97 Å². The zero-order valence-electron chi connectivity index (χ0n) is 13.2. The third kappa shape index (κ3) is 4.09. The van der Waals surface area contributed by atoms with Crippen molar-refractivity contribution in [1.29, 1.82) is 0 Å². The van der Waals surface area contributed by atoms with Crippen molar-refractivity contribution in [3.05, 3.63) is 41.7 Å². The van der Waals surface area contributed by atoms with Crippen LogP contribution in [0.15, 0.2) is 30.5 Å². The number of rotatable bonds is 6. The lowest BCUT2D eigenvalue weighted by Gasteiger charge is -2.09. The molecule has 0 fully saturated rings. The molecule has 0 radical (unpaired) electrons. The fourth-order valence-electron chi connectivity index (χ4n) is 2.14. The van der Waals surface area contributed by atoms with Gasteiger partial charge in [-0.15, -0.1) is 0 Å². The topological polar surface area (TPSA) is 93.4 Å². The maximum absolute atomic E-state index is 12.3. The molecule has 2 N–H and O–H groups in total. The highest BCUT2D eigenvalue weighted by Gasteiger charge is 2.15. The van der Waals surface area contributed by atoms with Crippen molar-refractivity contribution in [3.63, 3.8) is 0 Å². The first kappa shape index (κ1) is 16.5. The SMILES string of the molecule is Cc1c(C(=O)Nc2ccc(OCC(=O)O)cc2)cnn1C(C)C. The molecule has 0 unspecified atom stereocenters. The van der Waals surface area contributed by atoms with Gasteiger partial charge < -0.3 is 15.2 Å². The summed E-state index contributed by atoms with van der Waals surface area (Å²) in [5, 5.41) is 15.5. The van der Waals surface area contributed by atoms with Crippen molar-refractivity contribution in [3.8, 4) is 5.75 Å². The van der Waals surface area contributed by atoms with Crippen LogP contribution in [0.4, 0.5) is 5.69 Å². The molecule has 23 heavy (non-hydrogen) atoms. The second-order valence-corrected chi connectivity index (χ2v) is 5.34. The summed E-state index contributed by atoms with van der Waals surface area (Å²) in [7, 11) is 0. The molecule has 1 aromatic carbocycles. The summed E-state index contributed by atoms with van der Waals surface area (Å²) >= 11 is 0. The second-order valence-electron chi connectivity index (χ2n) is 5.34. The van der Waals surface area contributed by atoms with Gasteiger partial charge in [-0.05, 0) is 45.0 Å². The van der Waals surface area contributed by atoms with E-state index < -0.39 is 12.6 Å². The lowest BCUT2D eigenvalue weighted by molar-refractivity contribution is -0.139. The molecule has 0 aliphatic carbocycles. The molecule has 1 aromatic heterocycles. The summed E-state index contributed by atoms with van der Waals surface area (Å²) < 4.78 is 6.82. The highest BCUT2D eigenvalue weighted by atomic mass is 16.5. The van der Waals surface area contributed by atoms with Gasteiger partial charge in [-0.1, -0.05) is 0 Å². The van der Waals surface area contributed by atoms with E-state index in [1.165, 1.54) is 0 Å². The number of nitrogens with one attached hydrogen (secondary N) is 1. The molecule has 0 bridgehead atoms. The number of carbonyl (C=O) groups excluding carboxylic acids is 1. The number of benzene rings is 1. The first-order valence-corrected chi connectivity index (χ1v) is 7.18. The molecule has 122 valence electrons. The normalized spacial score (nSPS) is 10.6. The number of hydrogen-bond donors (Lipinski definition) is 2. The molecule has 0 spiro atoms. The van der Waals surface area contributed by atoms with Gasteiger partial charge in [0.15, 0.2) is 6.61 Å². The largest absolute Gasteiger partial charge is 0.482 e. The molecular weight excluding hydrogens is 298 g/mol. The molecule has 0 saturated heterocycles. The maximum Gasteiger partial charge on any atom is 0.341 e. The van der Waals surface area contributed by atoms with E-state index in [2.05, 4.69) is 10.4 Å². The second kappa shape index (κ2) is 6.95. The first-order chi connectivity index (χ1) is 10.9. The summed E-state index contributed by atoms with van der Waals surface area (Å²) in [5.41, 5.74) is 1.91. The van der Waals surface area contributed by atoms with Crippen LogP contribution >= 0.6 is 0 Å². The first-order valence-electron chi connectivity index (χ1n) is 7.18. The molecule has 7 heteroatoms. The number of aromatic nitrogens is 2. The Hall–Kier alpha value is -2.83. The smallest absolute Gasteiger partial charge is 0.341 e. The summed E-state index contributed by atoms with van der Waals surface area (Å²) in [5.74, 6) is -0.858. The number of carboxylic acids is 1. The predicted octanol–water partition coefficient (Wildman–Crippen LogP) is 2.49. The highest BCUT2D eigenvalue weighted by molar-refractivity contribution is 6.04. The van der Waals surface area contributed by atoms with Gasteiger partial charge in [-0.2, -0.15) is 5.10 Å². The van der Waals surface area contributed by atoms with Crippen molar-refractivity contribution in [2.45, 2.75) is 26.8 Å². The molecule has 0 aliphatic rings. The van der Waals surface area contributed by atoms with Crippen LogP contribution in [-0.2, 0) is 4.79 Å². The van der Waals surface area contributed by atoms with E-state index in [1.807, 2.05) is 20.8 Å². The fourth-order valence-corrected chi connectivity index (χ4v) is 2.14. The molecule has 7 nitrogen and oxygen atoms in total. The third-order valence-corrected chi connectivity index (χ3v) is 3.25. The Balaban J connectivity index is 2.04. The van der Waals surface area contributed by atoms with E-state index in [4.69, 9.17) is 9.84 Å². The summed E-state index contributed by atoms with van der Waals surface area (Å²) in [4.78, 5) is 22.7. The van der Waals surface area contributed by atoms with Gasteiger partial charge in [0.25, 0.3) is 5.91 Å². The van der Waals surface area contributed by atoms with E-state index in [0.717, 1.165) is 5.69 Å². The van der Waals surface area contributed by atoms with Gasteiger partial charge in [0.05, 0.1) is 11.8 Å².